The standard InChI is InChI=1S/C10H17N3O2/c1-8(7-15-3)13(2)10-5-4-9(6-14)11-12-10/h4-5,8,14H,6-7H2,1-3H3. The smallest absolute Gasteiger partial charge is 0.151 e. The average Bonchev–Trinajstić information content (AvgIpc) is 2.28. The third kappa shape index (κ3) is 3.14. The molecule has 5 nitrogen and oxygen atoms in total. The molecular weight excluding hydrogens is 194 g/mol. The Labute approximate surface area is 89.7 Å². The lowest BCUT2D eigenvalue weighted by molar-refractivity contribution is 0.183. The van der Waals surface area contributed by atoms with Gasteiger partial charge in [-0.25, -0.2) is 0 Å². The molecule has 0 fully saturated rings. The summed E-state index contributed by atoms with van der Waals surface area (Å²) in [4.78, 5) is 1.98. The van der Waals surface area contributed by atoms with E-state index in [1.54, 1.807) is 13.2 Å². The van der Waals surface area contributed by atoms with Crippen LogP contribution in [0.5, 0.6) is 0 Å². The van der Waals surface area contributed by atoms with Crippen LogP contribution in [0.25, 0.3) is 0 Å². The van der Waals surface area contributed by atoms with Crippen LogP contribution in [0, 0.1) is 0 Å². The highest BCUT2D eigenvalue weighted by molar-refractivity contribution is 5.37. The maximum atomic E-state index is 8.82. The minimum absolute atomic E-state index is 0.0788. The molecule has 0 spiro atoms. The number of likely N-dealkylation sites (N-methyl/N-ethyl adjacent to an activating group) is 1. The van der Waals surface area contributed by atoms with Crippen LogP contribution < -0.4 is 4.90 Å². The van der Waals surface area contributed by atoms with Gasteiger partial charge >= 0.3 is 0 Å². The van der Waals surface area contributed by atoms with Crippen LogP contribution in [-0.2, 0) is 11.3 Å². The van der Waals surface area contributed by atoms with E-state index in [0.717, 1.165) is 5.82 Å². The van der Waals surface area contributed by atoms with Crippen LogP contribution in [0.3, 0.4) is 0 Å². The lowest BCUT2D eigenvalue weighted by Gasteiger charge is -2.24. The summed E-state index contributed by atoms with van der Waals surface area (Å²) in [5, 5.41) is 16.7. The van der Waals surface area contributed by atoms with Gasteiger partial charge in [-0.1, -0.05) is 0 Å². The predicted octanol–water partition coefficient (Wildman–Crippen LogP) is 0.440. The van der Waals surface area contributed by atoms with Gasteiger partial charge in [-0.2, -0.15) is 5.10 Å². The quantitative estimate of drug-likeness (QED) is 0.766. The molecule has 1 aromatic heterocycles. The molecular formula is C10H17N3O2. The summed E-state index contributed by atoms with van der Waals surface area (Å²) < 4.78 is 5.06. The molecule has 1 rings (SSSR count). The van der Waals surface area contributed by atoms with Crippen LogP contribution in [0.1, 0.15) is 12.6 Å². The topological polar surface area (TPSA) is 58.5 Å². The van der Waals surface area contributed by atoms with Gasteiger partial charge in [-0.05, 0) is 19.1 Å². The van der Waals surface area contributed by atoms with Crippen molar-refractivity contribution >= 4 is 5.82 Å². The molecule has 0 radical (unpaired) electrons. The Kier molecular flexibility index (Phi) is 4.45. The van der Waals surface area contributed by atoms with E-state index in [1.165, 1.54) is 0 Å². The minimum Gasteiger partial charge on any atom is -0.390 e. The molecule has 5 heteroatoms. The van der Waals surface area contributed by atoms with E-state index < -0.39 is 0 Å². The van der Waals surface area contributed by atoms with Crippen molar-refractivity contribution in [2.75, 3.05) is 25.7 Å². The Bertz CT molecular complexity index is 289. The number of aliphatic hydroxyl groups is 1. The monoisotopic (exact) mass is 211 g/mol. The SMILES string of the molecule is COCC(C)N(C)c1ccc(CO)nn1. The van der Waals surface area contributed by atoms with Gasteiger partial charge in [-0.3, -0.25) is 0 Å². The van der Waals surface area contributed by atoms with Gasteiger partial charge in [0.15, 0.2) is 5.82 Å². The number of methoxy groups -OCH3 is 1. The van der Waals surface area contributed by atoms with Crippen molar-refractivity contribution in [1.29, 1.82) is 0 Å². The van der Waals surface area contributed by atoms with E-state index in [1.807, 2.05) is 24.9 Å². The maximum Gasteiger partial charge on any atom is 0.151 e. The van der Waals surface area contributed by atoms with E-state index in [2.05, 4.69) is 10.2 Å². The number of hydrogen-bond acceptors (Lipinski definition) is 5. The van der Waals surface area contributed by atoms with Crippen molar-refractivity contribution in [2.45, 2.75) is 19.6 Å². The third-order valence-electron chi connectivity index (χ3n) is 2.30. The van der Waals surface area contributed by atoms with Gasteiger partial charge in [-0.15, -0.1) is 5.10 Å². The van der Waals surface area contributed by atoms with Crippen molar-refractivity contribution in [1.82, 2.24) is 10.2 Å². The normalized spacial score (nSPS) is 12.5. The molecule has 84 valence electrons. The van der Waals surface area contributed by atoms with Gasteiger partial charge < -0.3 is 14.7 Å². The van der Waals surface area contributed by atoms with Crippen molar-refractivity contribution in [3.05, 3.63) is 17.8 Å². The fourth-order valence-electron chi connectivity index (χ4n) is 1.20. The Morgan fingerprint density at radius 2 is 2.20 bits per heavy atom. The molecule has 0 aliphatic rings. The first-order valence-electron chi connectivity index (χ1n) is 4.84. The Morgan fingerprint density at radius 3 is 2.67 bits per heavy atom. The zero-order valence-electron chi connectivity index (χ0n) is 9.34. The highest BCUT2D eigenvalue weighted by Gasteiger charge is 2.10. The highest BCUT2D eigenvalue weighted by atomic mass is 16.5. The molecule has 0 aliphatic carbocycles. The van der Waals surface area contributed by atoms with E-state index >= 15 is 0 Å². The first-order chi connectivity index (χ1) is 7.19. The first kappa shape index (κ1) is 11.9. The number of rotatable bonds is 5. The van der Waals surface area contributed by atoms with Crippen molar-refractivity contribution in [2.24, 2.45) is 0 Å². The lowest BCUT2D eigenvalue weighted by Crippen LogP contribution is -2.33. The summed E-state index contributed by atoms with van der Waals surface area (Å²) in [7, 11) is 3.61. The fourth-order valence-corrected chi connectivity index (χ4v) is 1.20. The summed E-state index contributed by atoms with van der Waals surface area (Å²) in [6.45, 7) is 2.61. The Hall–Kier alpha value is -1.20. The summed E-state index contributed by atoms with van der Waals surface area (Å²) in [5.41, 5.74) is 0.576. The second kappa shape index (κ2) is 5.63. The molecule has 1 atom stereocenters. The lowest BCUT2D eigenvalue weighted by atomic mass is 10.3. The van der Waals surface area contributed by atoms with Crippen LogP contribution in [0.2, 0.25) is 0 Å². The van der Waals surface area contributed by atoms with E-state index in [0.29, 0.717) is 12.3 Å². The number of ether oxygens (including phenoxy) is 1. The number of hydrogen-bond donors (Lipinski definition) is 1. The molecule has 0 saturated heterocycles. The summed E-state index contributed by atoms with van der Waals surface area (Å²) >= 11 is 0. The number of anilines is 1. The third-order valence-corrected chi connectivity index (χ3v) is 2.30. The molecule has 0 amide bonds. The van der Waals surface area contributed by atoms with Gasteiger partial charge in [0.1, 0.15) is 0 Å². The molecule has 0 aromatic carbocycles. The van der Waals surface area contributed by atoms with Crippen LogP contribution in [-0.4, -0.2) is 42.1 Å². The van der Waals surface area contributed by atoms with Crippen molar-refractivity contribution in [3.8, 4) is 0 Å². The molecule has 0 aliphatic heterocycles. The van der Waals surface area contributed by atoms with E-state index in [-0.39, 0.29) is 12.6 Å². The zero-order chi connectivity index (χ0) is 11.3. The van der Waals surface area contributed by atoms with Gasteiger partial charge in [0.05, 0.1) is 24.9 Å². The predicted molar refractivity (Wildman–Crippen MR) is 57.7 cm³/mol. The molecule has 1 aromatic rings. The van der Waals surface area contributed by atoms with E-state index in [9.17, 15) is 0 Å². The fraction of sp³-hybridized carbons (Fsp3) is 0.600. The van der Waals surface area contributed by atoms with E-state index in [4.69, 9.17) is 9.84 Å². The minimum atomic E-state index is -0.0788. The molecule has 1 heterocycles. The average molecular weight is 211 g/mol. The van der Waals surface area contributed by atoms with Gasteiger partial charge in [0.2, 0.25) is 0 Å². The molecule has 15 heavy (non-hydrogen) atoms. The Morgan fingerprint density at radius 1 is 1.47 bits per heavy atom. The largest absolute Gasteiger partial charge is 0.390 e. The second-order valence-electron chi connectivity index (χ2n) is 3.46. The summed E-state index contributed by atoms with van der Waals surface area (Å²) in [5.74, 6) is 0.775. The number of aliphatic hydroxyl groups excluding tert-OH is 1. The second-order valence-corrected chi connectivity index (χ2v) is 3.46. The number of nitrogens with zero attached hydrogens (tertiary/aromatic N) is 3. The van der Waals surface area contributed by atoms with Gasteiger partial charge in [0, 0.05) is 14.2 Å². The van der Waals surface area contributed by atoms with Gasteiger partial charge in [0.25, 0.3) is 0 Å². The van der Waals surface area contributed by atoms with Crippen LogP contribution >= 0.6 is 0 Å². The van der Waals surface area contributed by atoms with Crippen LogP contribution in [0.15, 0.2) is 12.1 Å². The van der Waals surface area contributed by atoms with Crippen LogP contribution in [0.4, 0.5) is 5.82 Å². The maximum absolute atomic E-state index is 8.82. The first-order valence-corrected chi connectivity index (χ1v) is 4.84. The highest BCUT2D eigenvalue weighted by Crippen LogP contribution is 2.10. The molecule has 1 unspecified atom stereocenters. The summed E-state index contributed by atoms with van der Waals surface area (Å²) in [6.07, 6.45) is 0. The number of aromatic nitrogens is 2. The summed E-state index contributed by atoms with van der Waals surface area (Å²) in [6, 6.07) is 3.84. The Balaban J connectivity index is 2.69. The van der Waals surface area contributed by atoms with Crippen molar-refractivity contribution in [3.63, 3.8) is 0 Å². The zero-order valence-corrected chi connectivity index (χ0v) is 9.34. The van der Waals surface area contributed by atoms with Crippen molar-refractivity contribution < 1.29 is 9.84 Å². The molecule has 1 N–H and O–H groups in total. The molecule has 0 bridgehead atoms. The molecule has 0 saturated carbocycles.